The third kappa shape index (κ3) is 6.03. The van der Waals surface area contributed by atoms with Crippen molar-refractivity contribution < 1.29 is 9.63 Å². The summed E-state index contributed by atoms with van der Waals surface area (Å²) in [6, 6.07) is 2.11. The van der Waals surface area contributed by atoms with Crippen LogP contribution in [0.1, 0.15) is 69.2 Å². The van der Waals surface area contributed by atoms with E-state index in [9.17, 15) is 10.1 Å². The molecule has 0 unspecified atom stereocenters. The quantitative estimate of drug-likeness (QED) is 0.810. The van der Waals surface area contributed by atoms with E-state index in [1.165, 1.54) is 0 Å². The summed E-state index contributed by atoms with van der Waals surface area (Å²) in [4.78, 5) is 18.5. The van der Waals surface area contributed by atoms with E-state index in [2.05, 4.69) is 11.4 Å². The molecule has 0 aliphatic rings. The van der Waals surface area contributed by atoms with Crippen molar-refractivity contribution in [3.63, 3.8) is 0 Å². The molecule has 5 heteroatoms. The van der Waals surface area contributed by atoms with Gasteiger partial charge in [-0.2, -0.15) is 10.3 Å². The van der Waals surface area contributed by atoms with Gasteiger partial charge in [0.15, 0.2) is 5.60 Å². The second-order valence-electron chi connectivity index (χ2n) is 8.44. The monoisotopic (exact) mass is 297 g/mol. The second kappa shape index (κ2) is 5.94. The molecule has 0 aromatic heterocycles. The van der Waals surface area contributed by atoms with Crippen molar-refractivity contribution in [3.05, 3.63) is 0 Å². The van der Waals surface area contributed by atoms with Crippen LogP contribution in [0.3, 0.4) is 0 Å². The van der Waals surface area contributed by atoms with E-state index in [0.717, 1.165) is 0 Å². The zero-order chi connectivity index (χ0) is 17.3. The Labute approximate surface area is 129 Å². The lowest BCUT2D eigenvalue weighted by molar-refractivity contribution is -0.293. The Kier molecular flexibility index (Phi) is 5.62. The van der Waals surface area contributed by atoms with Crippen molar-refractivity contribution in [2.24, 2.45) is 0 Å². The molecule has 5 nitrogen and oxygen atoms in total. The van der Waals surface area contributed by atoms with Crippen molar-refractivity contribution in [2.45, 2.75) is 91.5 Å². The summed E-state index contributed by atoms with van der Waals surface area (Å²) >= 11 is 0. The van der Waals surface area contributed by atoms with Gasteiger partial charge >= 0.3 is 0 Å². The van der Waals surface area contributed by atoms with Gasteiger partial charge in [0.05, 0.1) is 6.07 Å². The zero-order valence-corrected chi connectivity index (χ0v) is 15.2. The van der Waals surface area contributed by atoms with Gasteiger partial charge in [-0.05, 0) is 69.2 Å². The third-order valence-corrected chi connectivity index (χ3v) is 2.75. The van der Waals surface area contributed by atoms with Crippen LogP contribution in [0.4, 0.5) is 0 Å². The predicted molar refractivity (Wildman–Crippen MR) is 84.3 cm³/mol. The zero-order valence-electron chi connectivity index (χ0n) is 15.2. The number of hydrogen-bond acceptors (Lipinski definition) is 4. The number of amides is 1. The van der Waals surface area contributed by atoms with E-state index < -0.39 is 16.7 Å². The van der Waals surface area contributed by atoms with E-state index in [0.29, 0.717) is 0 Å². The van der Waals surface area contributed by atoms with Crippen LogP contribution in [0.25, 0.3) is 0 Å². The summed E-state index contributed by atoms with van der Waals surface area (Å²) in [5, 5.41) is 13.8. The minimum Gasteiger partial charge on any atom is -0.350 e. The molecule has 0 fully saturated rings. The van der Waals surface area contributed by atoms with Gasteiger partial charge in [-0.15, -0.1) is 0 Å². The molecule has 0 bridgehead atoms. The maximum atomic E-state index is 12.6. The number of nitrogens with zero attached hydrogens (tertiary/aromatic N) is 2. The fourth-order valence-corrected chi connectivity index (χ4v) is 1.92. The van der Waals surface area contributed by atoms with Gasteiger partial charge in [-0.3, -0.25) is 9.63 Å². The van der Waals surface area contributed by atoms with E-state index in [1.807, 2.05) is 41.5 Å². The smallest absolute Gasteiger partial charge is 0.242 e. The van der Waals surface area contributed by atoms with Gasteiger partial charge in [-0.25, -0.2) is 0 Å². The molecule has 0 heterocycles. The lowest BCUT2D eigenvalue weighted by atomic mass is 9.95. The first-order chi connectivity index (χ1) is 9.03. The summed E-state index contributed by atoms with van der Waals surface area (Å²) < 4.78 is 0. The number of nitriles is 1. The maximum absolute atomic E-state index is 12.6. The Bertz CT molecular complexity index is 420. The number of rotatable bonds is 4. The van der Waals surface area contributed by atoms with Gasteiger partial charge in [-0.1, -0.05) is 0 Å². The summed E-state index contributed by atoms with van der Waals surface area (Å²) in [6.45, 7) is 18.6. The SMILES string of the molecule is CC(C)(C)NC(=O)C(C)(C)N(OC(C)(C)C#N)C(C)(C)C. The molecule has 0 spiro atoms. The predicted octanol–water partition coefficient (Wildman–Crippen LogP) is 3.01. The molecule has 1 N–H and O–H groups in total. The van der Waals surface area contributed by atoms with Gasteiger partial charge < -0.3 is 5.32 Å². The summed E-state index contributed by atoms with van der Waals surface area (Å²) in [5.74, 6) is -0.140. The maximum Gasteiger partial charge on any atom is 0.242 e. The number of hydrogen-bond donors (Lipinski definition) is 1. The van der Waals surface area contributed by atoms with Crippen LogP contribution >= 0.6 is 0 Å². The fraction of sp³-hybridized carbons (Fsp3) is 0.875. The van der Waals surface area contributed by atoms with Crippen LogP contribution in [0.5, 0.6) is 0 Å². The number of hydroxylamine groups is 2. The third-order valence-electron chi connectivity index (χ3n) is 2.75. The molecule has 0 saturated heterocycles. The first-order valence-corrected chi connectivity index (χ1v) is 7.26. The molecular weight excluding hydrogens is 266 g/mol. The molecule has 0 rings (SSSR count). The minimum atomic E-state index is -1.01. The largest absolute Gasteiger partial charge is 0.350 e. The van der Waals surface area contributed by atoms with Crippen LogP contribution in [0.15, 0.2) is 0 Å². The van der Waals surface area contributed by atoms with Crippen molar-refractivity contribution in [1.82, 2.24) is 10.4 Å². The Morgan fingerprint density at radius 1 is 1.00 bits per heavy atom. The molecule has 0 radical (unpaired) electrons. The Balaban J connectivity index is 5.53. The molecule has 0 aliphatic heterocycles. The lowest BCUT2D eigenvalue weighted by Crippen LogP contribution is -2.64. The fourth-order valence-electron chi connectivity index (χ4n) is 1.92. The molecule has 0 aromatic carbocycles. The lowest BCUT2D eigenvalue weighted by Gasteiger charge is -2.47. The van der Waals surface area contributed by atoms with Crippen LogP contribution in [-0.4, -0.2) is 33.2 Å². The summed E-state index contributed by atoms with van der Waals surface area (Å²) in [5.41, 5.74) is -2.69. The molecule has 0 atom stereocenters. The first-order valence-electron chi connectivity index (χ1n) is 7.26. The van der Waals surface area contributed by atoms with Gasteiger partial charge in [0.1, 0.15) is 5.54 Å². The topological polar surface area (TPSA) is 65.4 Å². The van der Waals surface area contributed by atoms with Crippen molar-refractivity contribution in [2.75, 3.05) is 0 Å². The van der Waals surface area contributed by atoms with Crippen molar-refractivity contribution in [1.29, 1.82) is 5.26 Å². The highest BCUT2D eigenvalue weighted by Gasteiger charge is 2.45. The first kappa shape index (κ1) is 19.9. The van der Waals surface area contributed by atoms with Crippen molar-refractivity contribution in [3.8, 4) is 6.07 Å². The number of nitrogens with one attached hydrogen (secondary N) is 1. The Morgan fingerprint density at radius 2 is 1.43 bits per heavy atom. The van der Waals surface area contributed by atoms with Crippen LogP contribution in [-0.2, 0) is 9.63 Å². The standard InChI is InChI=1S/C16H31N3O2/c1-13(2,3)18-12(20)16(9,10)19(14(4,5)6)21-15(7,8)11-17/h1-10H3,(H,18,20). The second-order valence-corrected chi connectivity index (χ2v) is 8.44. The van der Waals surface area contributed by atoms with E-state index >= 15 is 0 Å². The summed E-state index contributed by atoms with van der Waals surface area (Å²) in [6.07, 6.45) is 0. The minimum absolute atomic E-state index is 0.140. The van der Waals surface area contributed by atoms with Crippen LogP contribution in [0.2, 0.25) is 0 Å². The average molecular weight is 297 g/mol. The van der Waals surface area contributed by atoms with E-state index in [4.69, 9.17) is 4.84 Å². The molecular formula is C16H31N3O2. The highest BCUT2D eigenvalue weighted by Crippen LogP contribution is 2.29. The molecule has 0 aliphatic carbocycles. The Morgan fingerprint density at radius 3 is 1.71 bits per heavy atom. The van der Waals surface area contributed by atoms with Crippen LogP contribution < -0.4 is 5.32 Å². The molecule has 1 amide bonds. The summed E-state index contributed by atoms with van der Waals surface area (Å²) in [7, 11) is 0. The molecule has 21 heavy (non-hydrogen) atoms. The number of carbonyl (C=O) groups excluding carboxylic acids is 1. The highest BCUT2D eigenvalue weighted by atomic mass is 16.7. The molecule has 0 aromatic rings. The highest BCUT2D eigenvalue weighted by molar-refractivity contribution is 5.85. The number of carbonyl (C=O) groups is 1. The van der Waals surface area contributed by atoms with E-state index in [1.54, 1.807) is 32.8 Å². The van der Waals surface area contributed by atoms with Gasteiger partial charge in [0.2, 0.25) is 5.91 Å². The van der Waals surface area contributed by atoms with Gasteiger partial charge in [0.25, 0.3) is 0 Å². The van der Waals surface area contributed by atoms with Gasteiger partial charge in [0, 0.05) is 11.1 Å². The molecule has 122 valence electrons. The Hall–Kier alpha value is -1.12. The van der Waals surface area contributed by atoms with E-state index in [-0.39, 0.29) is 11.4 Å². The average Bonchev–Trinajstić information content (AvgIpc) is 2.22. The van der Waals surface area contributed by atoms with Crippen molar-refractivity contribution >= 4 is 5.91 Å². The normalized spacial score (nSPS) is 14.0. The van der Waals surface area contributed by atoms with Crippen LogP contribution in [0, 0.1) is 11.3 Å². The molecule has 0 saturated carbocycles.